The van der Waals surface area contributed by atoms with Crippen LogP contribution in [0.1, 0.15) is 34.1 Å². The summed E-state index contributed by atoms with van der Waals surface area (Å²) in [5.74, 6) is -0.134. The Labute approximate surface area is 222 Å². The summed E-state index contributed by atoms with van der Waals surface area (Å²) in [6.45, 7) is 5.97. The van der Waals surface area contributed by atoms with Crippen LogP contribution in [0.15, 0.2) is 83.9 Å². The van der Waals surface area contributed by atoms with Gasteiger partial charge in [-0.2, -0.15) is 0 Å². The molecule has 0 amide bonds. The number of aryl methyl sites for hydroxylation is 3. The van der Waals surface area contributed by atoms with Crippen LogP contribution >= 0.6 is 0 Å². The second kappa shape index (κ2) is 9.95. The Balaban J connectivity index is 1.65. The van der Waals surface area contributed by atoms with Crippen LogP contribution in [0.25, 0.3) is 21.7 Å². The first-order valence-corrected chi connectivity index (χ1v) is 13.8. The Morgan fingerprint density at radius 3 is 2.45 bits per heavy atom. The highest BCUT2D eigenvalue weighted by Crippen LogP contribution is 2.32. The molecule has 5 aromatic rings. The molecule has 0 atom stereocenters. The fourth-order valence-corrected chi connectivity index (χ4v) is 6.20. The highest BCUT2D eigenvalue weighted by molar-refractivity contribution is 7.92. The predicted molar refractivity (Wildman–Crippen MR) is 150 cm³/mol. The molecule has 7 nitrogen and oxygen atoms in total. The Bertz CT molecular complexity index is 1770. The molecule has 0 fully saturated rings. The Hall–Kier alpha value is -4.17. The number of hydrogen-bond donors (Lipinski definition) is 0. The normalized spacial score (nSPS) is 11.7. The van der Waals surface area contributed by atoms with Gasteiger partial charge in [-0.05, 0) is 68.6 Å². The van der Waals surface area contributed by atoms with Crippen molar-refractivity contribution in [3.63, 3.8) is 0 Å². The van der Waals surface area contributed by atoms with E-state index in [2.05, 4.69) is 11.1 Å². The van der Waals surface area contributed by atoms with Crippen molar-refractivity contribution in [3.8, 4) is 0 Å². The van der Waals surface area contributed by atoms with E-state index < -0.39 is 16.0 Å². The molecular formula is C30H29N3O4S. The zero-order chi connectivity index (χ0) is 27.0. The third kappa shape index (κ3) is 4.52. The predicted octanol–water partition coefficient (Wildman–Crippen LogP) is 5.92. The summed E-state index contributed by atoms with van der Waals surface area (Å²) in [5.41, 5.74) is 4.04. The van der Waals surface area contributed by atoms with Crippen LogP contribution in [0.4, 0.5) is 5.82 Å². The van der Waals surface area contributed by atoms with E-state index >= 15 is 0 Å². The van der Waals surface area contributed by atoms with Gasteiger partial charge in [-0.25, -0.2) is 22.5 Å². The second-order valence-electron chi connectivity index (χ2n) is 9.31. The topological polar surface area (TPSA) is 81.5 Å². The van der Waals surface area contributed by atoms with Crippen molar-refractivity contribution < 1.29 is 17.9 Å². The summed E-state index contributed by atoms with van der Waals surface area (Å²) >= 11 is 0. The average Bonchev–Trinajstić information content (AvgIpc) is 3.22. The number of ether oxygens (including phenoxy) is 1. The number of sulfonamides is 1. The molecule has 0 saturated heterocycles. The molecule has 2 aromatic heterocycles. The Morgan fingerprint density at radius 1 is 0.974 bits per heavy atom. The van der Waals surface area contributed by atoms with Crippen LogP contribution in [-0.2, 0) is 28.4 Å². The monoisotopic (exact) mass is 527 g/mol. The number of hydrogen-bond acceptors (Lipinski definition) is 5. The third-order valence-electron chi connectivity index (χ3n) is 6.82. The highest BCUT2D eigenvalue weighted by atomic mass is 32.2. The minimum atomic E-state index is -4.06. The molecule has 5 rings (SSSR count). The Morgan fingerprint density at radius 2 is 1.71 bits per heavy atom. The van der Waals surface area contributed by atoms with Gasteiger partial charge < -0.3 is 9.30 Å². The van der Waals surface area contributed by atoms with E-state index in [1.165, 1.54) is 28.6 Å². The molecule has 3 aromatic carbocycles. The van der Waals surface area contributed by atoms with Crippen molar-refractivity contribution in [2.75, 3.05) is 10.9 Å². The summed E-state index contributed by atoms with van der Waals surface area (Å²) in [7, 11) is -2.12. The molecule has 0 saturated carbocycles. The molecule has 0 aliphatic carbocycles. The van der Waals surface area contributed by atoms with Gasteiger partial charge in [0.25, 0.3) is 10.0 Å². The van der Waals surface area contributed by atoms with Crippen LogP contribution in [0.3, 0.4) is 0 Å². The van der Waals surface area contributed by atoms with Gasteiger partial charge in [0, 0.05) is 40.8 Å². The van der Waals surface area contributed by atoms with Crippen LogP contribution in [0.5, 0.6) is 0 Å². The number of fused-ring (bicyclic) bond motifs is 2. The van der Waals surface area contributed by atoms with Crippen LogP contribution in [0, 0.1) is 13.8 Å². The molecule has 194 valence electrons. The lowest BCUT2D eigenvalue weighted by molar-refractivity contribution is 0.0526. The lowest BCUT2D eigenvalue weighted by Gasteiger charge is -2.26. The van der Waals surface area contributed by atoms with Crippen molar-refractivity contribution >= 4 is 43.5 Å². The number of nitrogens with zero attached hydrogens (tertiary/aromatic N) is 3. The van der Waals surface area contributed by atoms with Crippen molar-refractivity contribution in [3.05, 3.63) is 101 Å². The number of aromatic nitrogens is 2. The van der Waals surface area contributed by atoms with Gasteiger partial charge in [-0.15, -0.1) is 0 Å². The minimum absolute atomic E-state index is 0.0644. The lowest BCUT2D eigenvalue weighted by atomic mass is 10.1. The van der Waals surface area contributed by atoms with E-state index in [1.54, 1.807) is 13.1 Å². The highest BCUT2D eigenvalue weighted by Gasteiger charge is 2.29. The molecule has 8 heteroatoms. The number of pyridine rings is 1. The van der Waals surface area contributed by atoms with Gasteiger partial charge in [0.1, 0.15) is 5.82 Å². The van der Waals surface area contributed by atoms with Crippen molar-refractivity contribution in [1.29, 1.82) is 0 Å². The standard InChI is InChI=1S/C30H29N3O4S/c1-5-37-30(34)22-11-13-26(14-12-22)38(35,36)33(29-21(3)27-9-7-6-8-23(27)18-31-29)19-25-17-24-16-20(2)10-15-28(24)32(25)4/h6-18H,5,19H2,1-4H3. The number of anilines is 1. The molecular weight excluding hydrogens is 498 g/mol. The summed E-state index contributed by atoms with van der Waals surface area (Å²) in [5, 5.41) is 2.91. The van der Waals surface area contributed by atoms with E-state index in [0.29, 0.717) is 11.4 Å². The number of carbonyl (C=O) groups excluding carboxylic acids is 1. The average molecular weight is 528 g/mol. The van der Waals surface area contributed by atoms with E-state index in [-0.39, 0.29) is 18.0 Å². The zero-order valence-corrected chi connectivity index (χ0v) is 22.6. The minimum Gasteiger partial charge on any atom is -0.462 e. The molecule has 38 heavy (non-hydrogen) atoms. The van der Waals surface area contributed by atoms with Gasteiger partial charge in [0.05, 0.1) is 23.6 Å². The quantitative estimate of drug-likeness (QED) is 0.246. The van der Waals surface area contributed by atoms with Crippen molar-refractivity contribution in [2.45, 2.75) is 32.2 Å². The molecule has 0 N–H and O–H groups in total. The fraction of sp³-hybridized carbons (Fsp3) is 0.200. The molecule has 0 bridgehead atoms. The van der Waals surface area contributed by atoms with E-state index in [1.807, 2.05) is 67.9 Å². The zero-order valence-electron chi connectivity index (χ0n) is 21.8. The van der Waals surface area contributed by atoms with Gasteiger partial charge >= 0.3 is 5.97 Å². The van der Waals surface area contributed by atoms with Crippen molar-refractivity contribution in [1.82, 2.24) is 9.55 Å². The summed E-state index contributed by atoms with van der Waals surface area (Å²) in [6.07, 6.45) is 1.70. The Kier molecular flexibility index (Phi) is 6.67. The maximum absolute atomic E-state index is 14.2. The molecule has 0 radical (unpaired) electrons. The first-order chi connectivity index (χ1) is 18.2. The number of rotatable bonds is 7. The summed E-state index contributed by atoms with van der Waals surface area (Å²) in [6, 6.07) is 21.8. The van der Waals surface area contributed by atoms with Crippen LogP contribution in [0.2, 0.25) is 0 Å². The smallest absolute Gasteiger partial charge is 0.338 e. The largest absolute Gasteiger partial charge is 0.462 e. The molecule has 0 spiro atoms. The third-order valence-corrected chi connectivity index (χ3v) is 8.57. The van der Waals surface area contributed by atoms with E-state index in [0.717, 1.165) is 38.5 Å². The van der Waals surface area contributed by atoms with E-state index in [9.17, 15) is 13.2 Å². The maximum atomic E-state index is 14.2. The first kappa shape index (κ1) is 25.5. The summed E-state index contributed by atoms with van der Waals surface area (Å²) in [4.78, 5) is 16.8. The fourth-order valence-electron chi connectivity index (χ4n) is 4.75. The number of esters is 1. The van der Waals surface area contributed by atoms with Gasteiger partial charge in [-0.3, -0.25) is 0 Å². The molecule has 0 aliphatic rings. The van der Waals surface area contributed by atoms with Crippen LogP contribution < -0.4 is 4.31 Å². The second-order valence-corrected chi connectivity index (χ2v) is 11.2. The van der Waals surface area contributed by atoms with Gasteiger partial charge in [-0.1, -0.05) is 35.9 Å². The van der Waals surface area contributed by atoms with Gasteiger partial charge in [0.2, 0.25) is 0 Å². The number of carbonyl (C=O) groups is 1. The SMILES string of the molecule is CCOC(=O)c1ccc(S(=O)(=O)N(Cc2cc3cc(C)ccc3n2C)c2ncc3ccccc3c2C)cc1. The maximum Gasteiger partial charge on any atom is 0.338 e. The van der Waals surface area contributed by atoms with Crippen molar-refractivity contribution in [2.24, 2.45) is 7.05 Å². The summed E-state index contributed by atoms with van der Waals surface area (Å²) < 4.78 is 36.8. The number of benzene rings is 3. The molecule has 2 heterocycles. The van der Waals surface area contributed by atoms with E-state index in [4.69, 9.17) is 4.74 Å². The lowest BCUT2D eigenvalue weighted by Crippen LogP contribution is -2.32. The molecule has 0 unspecified atom stereocenters. The first-order valence-electron chi connectivity index (χ1n) is 12.4. The van der Waals surface area contributed by atoms with Crippen LogP contribution in [-0.4, -0.2) is 30.5 Å². The van der Waals surface area contributed by atoms with Gasteiger partial charge in [0.15, 0.2) is 0 Å². The molecule has 0 aliphatic heterocycles.